The number of esters is 1. The number of anilines is 2. The van der Waals surface area contributed by atoms with Crippen LogP contribution in [-0.2, 0) is 14.2 Å². The van der Waals surface area contributed by atoms with E-state index in [0.29, 0.717) is 50.4 Å². The molecule has 0 radical (unpaired) electrons. The molecule has 2 amide bonds. The first-order valence-corrected chi connectivity index (χ1v) is 24.9. The number of aryl methyl sites for hydroxylation is 4. The number of ether oxygens (including phenoxy) is 3. The van der Waals surface area contributed by atoms with Gasteiger partial charge in [-0.3, -0.25) is 4.39 Å². The minimum Gasteiger partial charge on any atom is -0.478 e. The van der Waals surface area contributed by atoms with Crippen molar-refractivity contribution in [3.63, 3.8) is 0 Å². The van der Waals surface area contributed by atoms with Crippen molar-refractivity contribution in [3.05, 3.63) is 179 Å². The maximum absolute atomic E-state index is 12.4. The molecule has 0 aromatic heterocycles. The number of nitrogens with zero attached hydrogens (tertiary/aromatic N) is 4. The van der Waals surface area contributed by atoms with Gasteiger partial charge in [0, 0.05) is 71.9 Å². The van der Waals surface area contributed by atoms with Gasteiger partial charge in [-0.1, -0.05) is 146 Å². The van der Waals surface area contributed by atoms with Crippen molar-refractivity contribution in [2.75, 3.05) is 82.2 Å². The van der Waals surface area contributed by atoms with Gasteiger partial charge in [-0.05, 0) is 99.5 Å². The number of carbonyl (C=O) groups is 4. The summed E-state index contributed by atoms with van der Waals surface area (Å²) >= 11 is 9.04. The Bertz CT molecular complexity index is 2680. The summed E-state index contributed by atoms with van der Waals surface area (Å²) in [5.41, 5.74) is 8.22. The van der Waals surface area contributed by atoms with Gasteiger partial charge < -0.3 is 38.9 Å². The molecule has 2 aliphatic heterocycles. The smallest absolute Gasteiger partial charge is 0.412 e. The molecule has 16 heteroatoms. The van der Waals surface area contributed by atoms with Crippen LogP contribution < -0.4 is 9.80 Å². The number of amides is 2. The summed E-state index contributed by atoms with van der Waals surface area (Å²) < 4.78 is 30.6. The standard InChI is InChI=1S/C27H28N2O4S.C20H23ClN2O2S.C7H6O2.CH3F.2CH4/c1-20-12-13-24(21(2)18-20)34-25-11-7-6-10-23(25)28-14-16-29(17-15-28)27(31)33-19-32-26(30)22-8-4-3-5-9-22;1-15-7-8-18(16(2)13-15)26-19-6-4-3-5-17(19)22-9-11-23(12-10-22)20(24)25-14-21;8-7(9)6-4-2-1-3-5-6;1-2;;/h3-13,18H,14-17,19H2,1-2H3;3-8,13H,9-12,14H2,1-2H3;1-5H,(H,8,9);1H3;2*1H4/i;;;1D;;. The first kappa shape index (κ1) is 58.9. The van der Waals surface area contributed by atoms with E-state index in [1.54, 1.807) is 87.9 Å². The average Bonchev–Trinajstić information content (AvgIpc) is 3.39. The number of carboxylic acids is 1. The lowest BCUT2D eigenvalue weighted by molar-refractivity contribution is -0.0124. The number of aromatic carboxylic acids is 1. The van der Waals surface area contributed by atoms with Gasteiger partial charge in [0.2, 0.25) is 6.79 Å². The molecule has 0 atom stereocenters. The van der Waals surface area contributed by atoms with E-state index in [4.69, 9.17) is 32.3 Å². The first-order chi connectivity index (χ1) is 34.8. The summed E-state index contributed by atoms with van der Waals surface area (Å²) in [7, 11) is -1.00. The van der Waals surface area contributed by atoms with E-state index >= 15 is 0 Å². The fourth-order valence-electron chi connectivity index (χ4n) is 7.53. The van der Waals surface area contributed by atoms with Gasteiger partial charge in [0.15, 0.2) is 6.07 Å². The summed E-state index contributed by atoms with van der Waals surface area (Å²) in [6, 6.07) is 46.7. The Morgan fingerprint density at radius 2 is 0.932 bits per heavy atom. The molecule has 2 fully saturated rings. The number of carbonyl (C=O) groups excluding carboxylic acids is 3. The van der Waals surface area contributed by atoms with Crippen LogP contribution in [0.25, 0.3) is 0 Å². The van der Waals surface area contributed by atoms with Crippen LogP contribution >= 0.6 is 35.1 Å². The first-order valence-electron chi connectivity index (χ1n) is 23.5. The molecule has 8 rings (SSSR count). The van der Waals surface area contributed by atoms with Crippen LogP contribution in [0.5, 0.6) is 0 Å². The van der Waals surface area contributed by atoms with E-state index in [-0.39, 0.29) is 27.0 Å². The fourth-order valence-corrected chi connectivity index (χ4v) is 9.71. The monoisotopic (exact) mass is 1060 g/mol. The number of hydrogen-bond donors (Lipinski definition) is 1. The third-order valence-electron chi connectivity index (χ3n) is 11.2. The number of rotatable bonds is 11. The molecule has 6 aromatic carbocycles. The molecule has 0 spiro atoms. The number of alkyl halides is 2. The zero-order valence-corrected chi connectivity index (χ0v) is 42.7. The van der Waals surface area contributed by atoms with E-state index in [1.165, 1.54) is 47.5 Å². The number of carboxylic acid groups (broad SMARTS) is 1. The second-order valence-corrected chi connectivity index (χ2v) is 18.5. The van der Waals surface area contributed by atoms with Crippen LogP contribution in [0.2, 0.25) is 0 Å². The Morgan fingerprint density at radius 3 is 1.32 bits per heavy atom. The Morgan fingerprint density at radius 1 is 0.548 bits per heavy atom. The van der Waals surface area contributed by atoms with Crippen molar-refractivity contribution in [3.8, 4) is 0 Å². The van der Waals surface area contributed by atoms with Crippen molar-refractivity contribution in [2.24, 2.45) is 0 Å². The van der Waals surface area contributed by atoms with Crippen molar-refractivity contribution in [2.45, 2.75) is 62.1 Å². The average molecular weight is 1060 g/mol. The second-order valence-electron chi connectivity index (χ2n) is 16.1. The van der Waals surface area contributed by atoms with E-state index in [1.807, 2.05) is 12.1 Å². The van der Waals surface area contributed by atoms with Gasteiger partial charge in [0.1, 0.15) is 0 Å². The Kier molecular flexibility index (Phi) is 25.6. The normalized spacial score (nSPS) is 12.8. The Balaban J connectivity index is 0.000000318. The molecule has 2 heterocycles. The number of para-hydroxylation sites is 2. The van der Waals surface area contributed by atoms with E-state index < -0.39 is 32.0 Å². The molecule has 390 valence electrons. The molecule has 73 heavy (non-hydrogen) atoms. The van der Waals surface area contributed by atoms with Crippen LogP contribution in [-0.4, -0.2) is 111 Å². The zero-order valence-electron chi connectivity index (χ0n) is 41.3. The van der Waals surface area contributed by atoms with E-state index in [9.17, 15) is 23.6 Å². The highest BCUT2D eigenvalue weighted by Gasteiger charge is 2.26. The van der Waals surface area contributed by atoms with Crippen molar-refractivity contribution >= 4 is 70.6 Å². The highest BCUT2D eigenvalue weighted by molar-refractivity contribution is 7.99. The van der Waals surface area contributed by atoms with Crippen LogP contribution in [0.3, 0.4) is 0 Å². The maximum atomic E-state index is 12.4. The van der Waals surface area contributed by atoms with Crippen molar-refractivity contribution in [1.82, 2.24) is 9.80 Å². The summed E-state index contributed by atoms with van der Waals surface area (Å²) in [5, 5.41) is 8.38. The molecule has 0 saturated carbocycles. The molecular formula is C57H68ClFN4O8S2. The topological polar surface area (TPSA) is 129 Å². The Labute approximate surface area is 445 Å². The third-order valence-corrected chi connectivity index (χ3v) is 13.8. The number of hydrogen-bond acceptors (Lipinski definition) is 11. The van der Waals surface area contributed by atoms with Crippen LogP contribution in [0.4, 0.5) is 25.4 Å². The SMILES string of the molecule is C.C.Cc1ccc(Sc2ccccc2N2CCN(C(=O)OCCl)CC2)c(C)c1.Cc1ccc(Sc2ccccc2N2CCN(C(=O)OCOC(=O)c3ccccc3)CC2)c(C)c1.O=C(O)c1ccccc1.[2H]CF. The third kappa shape index (κ3) is 18.7. The second kappa shape index (κ2) is 31.7. The predicted molar refractivity (Wildman–Crippen MR) is 295 cm³/mol. The largest absolute Gasteiger partial charge is 0.478 e. The summed E-state index contributed by atoms with van der Waals surface area (Å²) in [5.74, 6) is -1.40. The van der Waals surface area contributed by atoms with Crippen LogP contribution in [0, 0.1) is 27.7 Å². The fraction of sp³-hybridized carbons (Fsp3) is 0.298. The van der Waals surface area contributed by atoms with Crippen LogP contribution in [0.15, 0.2) is 165 Å². The molecular weight excluding hydrogens is 987 g/mol. The van der Waals surface area contributed by atoms with Crippen LogP contribution in [0.1, 0.15) is 59.2 Å². The van der Waals surface area contributed by atoms with Gasteiger partial charge in [-0.2, -0.15) is 0 Å². The number of halogens is 2. The lowest BCUT2D eigenvalue weighted by atomic mass is 10.2. The molecule has 2 saturated heterocycles. The molecule has 0 bridgehead atoms. The minimum absolute atomic E-state index is 0. The lowest BCUT2D eigenvalue weighted by Gasteiger charge is -2.36. The summed E-state index contributed by atoms with van der Waals surface area (Å²) in [6.07, 6.45) is -0.809. The minimum atomic E-state index is -1.00. The number of piperazine rings is 2. The van der Waals surface area contributed by atoms with Gasteiger partial charge in [-0.15, -0.1) is 0 Å². The van der Waals surface area contributed by atoms with E-state index in [2.05, 4.69) is 116 Å². The quantitative estimate of drug-likeness (QED) is 0.0753. The van der Waals surface area contributed by atoms with E-state index in [0.717, 1.165) is 18.8 Å². The lowest BCUT2D eigenvalue weighted by Crippen LogP contribution is -2.49. The molecule has 2 aliphatic rings. The van der Waals surface area contributed by atoms with Gasteiger partial charge in [0.05, 0.1) is 31.0 Å². The van der Waals surface area contributed by atoms with Gasteiger partial charge in [0.25, 0.3) is 0 Å². The molecule has 0 aliphatic carbocycles. The van der Waals surface area contributed by atoms with Gasteiger partial charge in [-0.25, -0.2) is 19.2 Å². The molecule has 1 N–H and O–H groups in total. The highest BCUT2D eigenvalue weighted by Crippen LogP contribution is 2.39. The van der Waals surface area contributed by atoms with Crippen molar-refractivity contribution < 1.29 is 44.3 Å². The maximum Gasteiger partial charge on any atom is 0.412 e. The summed E-state index contributed by atoms with van der Waals surface area (Å²) in [6.45, 7) is 13.4. The molecule has 0 unspecified atom stereocenters. The zero-order chi connectivity index (χ0) is 51.8. The summed E-state index contributed by atoms with van der Waals surface area (Å²) in [4.78, 5) is 59.3. The highest BCUT2D eigenvalue weighted by atomic mass is 35.5. The Hall–Kier alpha value is -6.68. The number of benzene rings is 6. The molecule has 6 aromatic rings. The predicted octanol–water partition coefficient (Wildman–Crippen LogP) is 13.7. The molecule has 12 nitrogen and oxygen atoms in total. The van der Waals surface area contributed by atoms with Crippen molar-refractivity contribution in [1.29, 1.82) is 0 Å². The van der Waals surface area contributed by atoms with Gasteiger partial charge >= 0.3 is 24.1 Å².